The van der Waals surface area contributed by atoms with Gasteiger partial charge >= 0.3 is 5.97 Å². The molecule has 20 heavy (non-hydrogen) atoms. The molecule has 0 aliphatic carbocycles. The number of rotatable bonds is 8. The van der Waals surface area contributed by atoms with E-state index in [1.165, 1.54) is 6.08 Å². The summed E-state index contributed by atoms with van der Waals surface area (Å²) < 4.78 is 10.7. The number of carboxylic acids is 1. The molecule has 1 aromatic carbocycles. The Balaban J connectivity index is 2.73. The Bertz CT molecular complexity index is 517. The van der Waals surface area contributed by atoms with Gasteiger partial charge in [-0.05, 0) is 37.1 Å². The maximum absolute atomic E-state index is 10.6. The van der Waals surface area contributed by atoms with Crippen LogP contribution in [0, 0.1) is 11.3 Å². The summed E-state index contributed by atoms with van der Waals surface area (Å²) in [6, 6.07) is 7.28. The first kappa shape index (κ1) is 15.6. The van der Waals surface area contributed by atoms with Crippen molar-refractivity contribution < 1.29 is 19.4 Å². The normalized spacial score (nSPS) is 10.2. The summed E-state index contributed by atoms with van der Waals surface area (Å²) in [7, 11) is 1.54. The molecule has 1 rings (SSSR count). The number of unbranched alkanes of at least 4 members (excludes halogenated alkanes) is 2. The average molecular weight is 275 g/mol. The Morgan fingerprint density at radius 3 is 2.90 bits per heavy atom. The zero-order valence-corrected chi connectivity index (χ0v) is 11.3. The van der Waals surface area contributed by atoms with E-state index in [0.717, 1.165) is 18.9 Å². The fourth-order valence-electron chi connectivity index (χ4n) is 1.56. The first-order chi connectivity index (χ1) is 9.67. The van der Waals surface area contributed by atoms with Crippen molar-refractivity contribution >= 4 is 12.0 Å². The Morgan fingerprint density at radius 1 is 1.45 bits per heavy atom. The first-order valence-corrected chi connectivity index (χ1v) is 6.26. The van der Waals surface area contributed by atoms with E-state index in [-0.39, 0.29) is 0 Å². The standard InChI is InChI=1S/C15H17NO4/c1-19-13-6-7-14(20-10-4-2-3-9-16)12(11-13)5-8-15(17)18/h5-8,11H,2-4,10H2,1H3,(H,17,18). The van der Waals surface area contributed by atoms with Crippen LogP contribution in [0.15, 0.2) is 24.3 Å². The Kier molecular flexibility index (Phi) is 6.69. The van der Waals surface area contributed by atoms with Gasteiger partial charge in [0.15, 0.2) is 0 Å². The number of aliphatic carboxylic acids is 1. The van der Waals surface area contributed by atoms with E-state index in [1.807, 2.05) is 0 Å². The Morgan fingerprint density at radius 2 is 2.25 bits per heavy atom. The van der Waals surface area contributed by atoms with Gasteiger partial charge < -0.3 is 14.6 Å². The molecule has 1 N–H and O–H groups in total. The Hall–Kier alpha value is -2.48. The molecule has 0 amide bonds. The van der Waals surface area contributed by atoms with E-state index in [0.29, 0.717) is 30.1 Å². The molecular weight excluding hydrogens is 258 g/mol. The lowest BCUT2D eigenvalue weighted by atomic mass is 10.1. The number of hydrogen-bond acceptors (Lipinski definition) is 4. The molecular formula is C15H17NO4. The smallest absolute Gasteiger partial charge is 0.328 e. The summed E-state index contributed by atoms with van der Waals surface area (Å²) in [5.41, 5.74) is 0.645. The van der Waals surface area contributed by atoms with Crippen LogP contribution in [0.5, 0.6) is 11.5 Å². The lowest BCUT2D eigenvalue weighted by Gasteiger charge is -2.10. The molecule has 0 aliphatic heterocycles. The number of carbonyl (C=O) groups is 1. The van der Waals surface area contributed by atoms with Crippen molar-refractivity contribution in [3.05, 3.63) is 29.8 Å². The van der Waals surface area contributed by atoms with Crippen LogP contribution in [0.25, 0.3) is 6.08 Å². The third-order valence-electron chi connectivity index (χ3n) is 2.56. The minimum atomic E-state index is -1.02. The van der Waals surface area contributed by atoms with Crippen molar-refractivity contribution in [2.75, 3.05) is 13.7 Å². The van der Waals surface area contributed by atoms with Gasteiger partial charge in [-0.3, -0.25) is 0 Å². The molecule has 0 saturated carbocycles. The van der Waals surface area contributed by atoms with E-state index < -0.39 is 5.97 Å². The lowest BCUT2D eigenvalue weighted by Crippen LogP contribution is -1.99. The van der Waals surface area contributed by atoms with Crippen molar-refractivity contribution in [3.63, 3.8) is 0 Å². The molecule has 0 unspecified atom stereocenters. The molecule has 0 heterocycles. The highest BCUT2D eigenvalue weighted by Gasteiger charge is 2.04. The van der Waals surface area contributed by atoms with Crippen LogP contribution in [-0.4, -0.2) is 24.8 Å². The predicted molar refractivity (Wildman–Crippen MR) is 74.6 cm³/mol. The molecule has 0 radical (unpaired) electrons. The summed E-state index contributed by atoms with van der Waals surface area (Å²) in [6.07, 6.45) is 4.60. The van der Waals surface area contributed by atoms with Gasteiger partial charge in [-0.25, -0.2) is 4.79 Å². The number of nitriles is 1. The minimum absolute atomic E-state index is 0.488. The largest absolute Gasteiger partial charge is 0.497 e. The summed E-state index contributed by atoms with van der Waals surface area (Å²) in [5.74, 6) is 0.208. The molecule has 106 valence electrons. The van der Waals surface area contributed by atoms with Gasteiger partial charge in [-0.15, -0.1) is 0 Å². The highest BCUT2D eigenvalue weighted by atomic mass is 16.5. The van der Waals surface area contributed by atoms with Gasteiger partial charge in [0.2, 0.25) is 0 Å². The molecule has 0 spiro atoms. The topological polar surface area (TPSA) is 79.5 Å². The van der Waals surface area contributed by atoms with Gasteiger partial charge in [0.05, 0.1) is 19.8 Å². The van der Waals surface area contributed by atoms with Gasteiger partial charge in [0.1, 0.15) is 11.5 Å². The molecule has 5 heteroatoms. The quantitative estimate of drug-likeness (QED) is 0.583. The number of hydrogen-bond donors (Lipinski definition) is 1. The van der Waals surface area contributed by atoms with Gasteiger partial charge in [-0.1, -0.05) is 0 Å². The maximum Gasteiger partial charge on any atom is 0.328 e. The molecule has 0 saturated heterocycles. The van der Waals surface area contributed by atoms with Crippen LogP contribution >= 0.6 is 0 Å². The first-order valence-electron chi connectivity index (χ1n) is 6.26. The van der Waals surface area contributed by atoms with Crippen LogP contribution in [0.4, 0.5) is 0 Å². The zero-order valence-electron chi connectivity index (χ0n) is 11.3. The maximum atomic E-state index is 10.6. The highest BCUT2D eigenvalue weighted by molar-refractivity contribution is 5.86. The van der Waals surface area contributed by atoms with Crippen LogP contribution in [0.1, 0.15) is 24.8 Å². The third-order valence-corrected chi connectivity index (χ3v) is 2.56. The molecule has 0 fully saturated rings. The summed E-state index contributed by atoms with van der Waals surface area (Å²) in [4.78, 5) is 10.6. The zero-order chi connectivity index (χ0) is 14.8. The summed E-state index contributed by atoms with van der Waals surface area (Å²) in [6.45, 7) is 0.488. The Labute approximate surface area is 118 Å². The van der Waals surface area contributed by atoms with E-state index in [1.54, 1.807) is 25.3 Å². The molecule has 0 atom stereocenters. The fourth-order valence-corrected chi connectivity index (χ4v) is 1.56. The van der Waals surface area contributed by atoms with E-state index in [9.17, 15) is 4.79 Å². The minimum Gasteiger partial charge on any atom is -0.497 e. The monoisotopic (exact) mass is 275 g/mol. The third kappa shape index (κ3) is 5.44. The second-order valence-corrected chi connectivity index (χ2v) is 4.04. The van der Waals surface area contributed by atoms with Gasteiger partial charge in [0.25, 0.3) is 0 Å². The molecule has 5 nitrogen and oxygen atoms in total. The van der Waals surface area contributed by atoms with Crippen LogP contribution in [0.3, 0.4) is 0 Å². The number of benzene rings is 1. The lowest BCUT2D eigenvalue weighted by molar-refractivity contribution is -0.131. The summed E-state index contributed by atoms with van der Waals surface area (Å²) in [5, 5.41) is 17.1. The number of carboxylic acid groups (broad SMARTS) is 1. The van der Waals surface area contributed by atoms with Crippen molar-refractivity contribution in [1.82, 2.24) is 0 Å². The predicted octanol–water partition coefficient (Wildman–Crippen LogP) is 2.87. The van der Waals surface area contributed by atoms with Gasteiger partial charge in [0, 0.05) is 18.1 Å². The number of nitrogens with zero attached hydrogens (tertiary/aromatic N) is 1. The van der Waals surface area contributed by atoms with Crippen LogP contribution in [0.2, 0.25) is 0 Å². The second-order valence-electron chi connectivity index (χ2n) is 4.04. The second kappa shape index (κ2) is 8.59. The van der Waals surface area contributed by atoms with Crippen molar-refractivity contribution in [2.45, 2.75) is 19.3 Å². The molecule has 0 bridgehead atoms. The average Bonchev–Trinajstić information content (AvgIpc) is 2.45. The van der Waals surface area contributed by atoms with Crippen LogP contribution in [-0.2, 0) is 4.79 Å². The number of ether oxygens (including phenoxy) is 2. The summed E-state index contributed by atoms with van der Waals surface area (Å²) >= 11 is 0. The van der Waals surface area contributed by atoms with Crippen molar-refractivity contribution in [2.24, 2.45) is 0 Å². The SMILES string of the molecule is COc1ccc(OCCCCC#N)c(C=CC(=O)O)c1. The number of methoxy groups -OCH3 is 1. The highest BCUT2D eigenvalue weighted by Crippen LogP contribution is 2.25. The molecule has 0 aromatic heterocycles. The van der Waals surface area contributed by atoms with E-state index >= 15 is 0 Å². The van der Waals surface area contributed by atoms with Gasteiger partial charge in [-0.2, -0.15) is 5.26 Å². The van der Waals surface area contributed by atoms with Crippen molar-refractivity contribution in [3.8, 4) is 17.6 Å². The molecule has 0 aliphatic rings. The van der Waals surface area contributed by atoms with Crippen LogP contribution < -0.4 is 9.47 Å². The van der Waals surface area contributed by atoms with Crippen molar-refractivity contribution in [1.29, 1.82) is 5.26 Å². The molecule has 1 aromatic rings. The van der Waals surface area contributed by atoms with E-state index in [4.69, 9.17) is 19.8 Å². The van der Waals surface area contributed by atoms with E-state index in [2.05, 4.69) is 6.07 Å². The fraction of sp³-hybridized carbons (Fsp3) is 0.333.